The summed E-state index contributed by atoms with van der Waals surface area (Å²) < 4.78 is 2.20. The Morgan fingerprint density at radius 1 is 1.45 bits per heavy atom. The number of aryl methyl sites for hydroxylation is 1. The molecule has 0 spiro atoms. The summed E-state index contributed by atoms with van der Waals surface area (Å²) in [5, 5.41) is 3.06. The van der Waals surface area contributed by atoms with Crippen LogP contribution in [0.15, 0.2) is 18.6 Å². The number of thiophene rings is 1. The van der Waals surface area contributed by atoms with E-state index in [4.69, 9.17) is 0 Å². The molecule has 0 aromatic carbocycles. The number of nitrogens with one attached hydrogen (secondary N) is 1. The molecule has 2 aliphatic rings. The summed E-state index contributed by atoms with van der Waals surface area (Å²) in [5.41, 5.74) is 2.49. The Balaban J connectivity index is 1.43. The predicted molar refractivity (Wildman–Crippen MR) is 87.2 cm³/mol. The van der Waals surface area contributed by atoms with E-state index in [1.54, 1.807) is 11.3 Å². The summed E-state index contributed by atoms with van der Waals surface area (Å²) in [6.45, 7) is 2.85. The average molecular weight is 315 g/mol. The third-order valence-corrected chi connectivity index (χ3v) is 5.91. The van der Waals surface area contributed by atoms with E-state index >= 15 is 0 Å². The van der Waals surface area contributed by atoms with Crippen molar-refractivity contribution in [2.45, 2.75) is 51.6 Å². The lowest BCUT2D eigenvalue weighted by molar-refractivity contribution is 0.0954. The predicted octanol–water partition coefficient (Wildman–Crippen LogP) is 3.33. The molecule has 2 aromatic rings. The minimum atomic E-state index is 0.0515. The highest BCUT2D eigenvalue weighted by Crippen LogP contribution is 2.35. The van der Waals surface area contributed by atoms with Crippen molar-refractivity contribution in [1.82, 2.24) is 14.9 Å². The Morgan fingerprint density at radius 3 is 3.14 bits per heavy atom. The number of carbonyl (C=O) groups is 1. The third-order valence-electron chi connectivity index (χ3n) is 4.67. The lowest BCUT2D eigenvalue weighted by Crippen LogP contribution is -2.23. The Morgan fingerprint density at radius 2 is 2.32 bits per heavy atom. The van der Waals surface area contributed by atoms with E-state index < -0.39 is 0 Å². The molecular weight excluding hydrogens is 294 g/mol. The van der Waals surface area contributed by atoms with Crippen molar-refractivity contribution in [3.8, 4) is 0 Å². The Bertz CT molecular complexity index is 699. The summed E-state index contributed by atoms with van der Waals surface area (Å²) in [7, 11) is 0. The first-order chi connectivity index (χ1) is 10.7. The Kier molecular flexibility index (Phi) is 3.53. The second kappa shape index (κ2) is 5.54. The number of nitrogens with zero attached hydrogens (tertiary/aromatic N) is 2. The topological polar surface area (TPSA) is 46.9 Å². The van der Waals surface area contributed by atoms with Crippen LogP contribution in [0.4, 0.5) is 0 Å². The van der Waals surface area contributed by atoms with Gasteiger partial charge in [-0.15, -0.1) is 11.3 Å². The first-order valence-electron chi connectivity index (χ1n) is 8.11. The first kappa shape index (κ1) is 14.0. The molecule has 0 aliphatic heterocycles. The maximum atomic E-state index is 12.4. The molecule has 22 heavy (non-hydrogen) atoms. The zero-order chi connectivity index (χ0) is 15.1. The molecule has 2 heterocycles. The summed E-state index contributed by atoms with van der Waals surface area (Å²) >= 11 is 1.67. The fourth-order valence-corrected chi connectivity index (χ4v) is 4.35. The van der Waals surface area contributed by atoms with Crippen molar-refractivity contribution in [1.29, 1.82) is 0 Å². The molecule has 0 saturated heterocycles. The second-order valence-corrected chi connectivity index (χ2v) is 7.75. The zero-order valence-corrected chi connectivity index (χ0v) is 13.7. The largest absolute Gasteiger partial charge is 0.346 e. The number of imidazole rings is 1. The third kappa shape index (κ3) is 2.70. The van der Waals surface area contributed by atoms with Crippen LogP contribution >= 0.6 is 11.3 Å². The number of fused-ring (bicyclic) bond motifs is 1. The SMILES string of the molecule is CC1CCc2sc(C(=O)NCc3cncn3C3CC3)cc2C1. The van der Waals surface area contributed by atoms with E-state index in [0.717, 1.165) is 29.3 Å². The van der Waals surface area contributed by atoms with Crippen molar-refractivity contribution in [2.75, 3.05) is 0 Å². The van der Waals surface area contributed by atoms with E-state index in [1.807, 2.05) is 12.5 Å². The number of hydrogen-bond acceptors (Lipinski definition) is 3. The first-order valence-corrected chi connectivity index (χ1v) is 8.93. The molecule has 4 rings (SSSR count). The molecule has 4 nitrogen and oxygen atoms in total. The van der Waals surface area contributed by atoms with Crippen molar-refractivity contribution < 1.29 is 4.79 Å². The van der Waals surface area contributed by atoms with Gasteiger partial charge in [-0.25, -0.2) is 4.98 Å². The fourth-order valence-electron chi connectivity index (χ4n) is 3.23. The smallest absolute Gasteiger partial charge is 0.261 e. The quantitative estimate of drug-likeness (QED) is 0.940. The molecule has 1 fully saturated rings. The van der Waals surface area contributed by atoms with Gasteiger partial charge in [0, 0.05) is 17.1 Å². The fraction of sp³-hybridized carbons (Fsp3) is 0.529. The van der Waals surface area contributed by atoms with Crippen LogP contribution in [0.5, 0.6) is 0 Å². The standard InChI is InChI=1S/C17H21N3OS/c1-11-2-5-15-12(6-11)7-16(22-15)17(21)19-9-14-8-18-10-20(14)13-3-4-13/h7-8,10-11,13H,2-6,9H2,1H3,(H,19,21). The molecule has 1 amide bonds. The van der Waals surface area contributed by atoms with Crippen LogP contribution in [0.2, 0.25) is 0 Å². The molecule has 116 valence electrons. The molecule has 2 aliphatic carbocycles. The molecular formula is C17H21N3OS. The van der Waals surface area contributed by atoms with Gasteiger partial charge in [-0.2, -0.15) is 0 Å². The van der Waals surface area contributed by atoms with Crippen LogP contribution in [0.1, 0.15) is 58.0 Å². The van der Waals surface area contributed by atoms with Gasteiger partial charge in [0.15, 0.2) is 0 Å². The molecule has 5 heteroatoms. The Hall–Kier alpha value is -1.62. The lowest BCUT2D eigenvalue weighted by atomic mass is 9.90. The molecule has 0 radical (unpaired) electrons. The van der Waals surface area contributed by atoms with Crippen molar-refractivity contribution in [3.63, 3.8) is 0 Å². The van der Waals surface area contributed by atoms with E-state index in [9.17, 15) is 4.79 Å². The summed E-state index contributed by atoms with van der Waals surface area (Å²) in [6.07, 6.45) is 9.69. The number of carbonyl (C=O) groups excluding carboxylic acids is 1. The van der Waals surface area contributed by atoms with Crippen molar-refractivity contribution >= 4 is 17.2 Å². The van der Waals surface area contributed by atoms with Crippen molar-refractivity contribution in [2.24, 2.45) is 5.92 Å². The van der Waals surface area contributed by atoms with Gasteiger partial charge in [0.05, 0.1) is 23.4 Å². The minimum absolute atomic E-state index is 0.0515. The van der Waals surface area contributed by atoms with Crippen LogP contribution < -0.4 is 5.32 Å². The van der Waals surface area contributed by atoms with Gasteiger partial charge in [0.2, 0.25) is 0 Å². The maximum absolute atomic E-state index is 12.4. The summed E-state index contributed by atoms with van der Waals surface area (Å²) in [4.78, 5) is 18.9. The van der Waals surface area contributed by atoms with Crippen molar-refractivity contribution in [3.05, 3.63) is 39.6 Å². The van der Waals surface area contributed by atoms with Gasteiger partial charge in [-0.3, -0.25) is 4.79 Å². The van der Waals surface area contributed by atoms with Crippen LogP contribution in [0.25, 0.3) is 0 Å². The Labute approximate surface area is 134 Å². The van der Waals surface area contributed by atoms with E-state index in [2.05, 4.69) is 27.9 Å². The van der Waals surface area contributed by atoms with E-state index in [0.29, 0.717) is 12.6 Å². The highest BCUT2D eigenvalue weighted by molar-refractivity contribution is 7.14. The van der Waals surface area contributed by atoms with Gasteiger partial charge < -0.3 is 9.88 Å². The summed E-state index contributed by atoms with van der Waals surface area (Å²) in [5.74, 6) is 0.793. The monoisotopic (exact) mass is 315 g/mol. The molecule has 1 saturated carbocycles. The lowest BCUT2D eigenvalue weighted by Gasteiger charge is -2.16. The van der Waals surface area contributed by atoms with Crippen LogP contribution in [-0.2, 0) is 19.4 Å². The molecule has 2 aromatic heterocycles. The average Bonchev–Trinajstić information content (AvgIpc) is 3.09. The molecule has 1 N–H and O–H groups in total. The maximum Gasteiger partial charge on any atom is 0.261 e. The molecule has 1 unspecified atom stereocenters. The van der Waals surface area contributed by atoms with Crippen LogP contribution in [0, 0.1) is 5.92 Å². The van der Waals surface area contributed by atoms with Crippen LogP contribution in [-0.4, -0.2) is 15.5 Å². The normalized spacial score (nSPS) is 20.7. The number of amides is 1. The van der Waals surface area contributed by atoms with Crippen LogP contribution in [0.3, 0.4) is 0 Å². The number of aromatic nitrogens is 2. The highest BCUT2D eigenvalue weighted by Gasteiger charge is 2.25. The summed E-state index contributed by atoms with van der Waals surface area (Å²) in [6, 6.07) is 2.70. The second-order valence-electron chi connectivity index (χ2n) is 6.61. The zero-order valence-electron chi connectivity index (χ0n) is 12.8. The van der Waals surface area contributed by atoms with Gasteiger partial charge >= 0.3 is 0 Å². The van der Waals surface area contributed by atoms with Gasteiger partial charge in [-0.1, -0.05) is 6.92 Å². The van der Waals surface area contributed by atoms with E-state index in [1.165, 1.54) is 29.7 Å². The number of rotatable bonds is 4. The minimum Gasteiger partial charge on any atom is -0.346 e. The van der Waals surface area contributed by atoms with E-state index in [-0.39, 0.29) is 5.91 Å². The number of hydrogen-bond donors (Lipinski definition) is 1. The molecule has 1 atom stereocenters. The highest BCUT2D eigenvalue weighted by atomic mass is 32.1. The van der Waals surface area contributed by atoms with Gasteiger partial charge in [0.1, 0.15) is 0 Å². The molecule has 0 bridgehead atoms. The van der Waals surface area contributed by atoms with Gasteiger partial charge in [0.25, 0.3) is 5.91 Å². The van der Waals surface area contributed by atoms with Gasteiger partial charge in [-0.05, 0) is 49.7 Å².